The maximum atomic E-state index is 10.8. The van der Waals surface area contributed by atoms with Gasteiger partial charge in [-0.25, -0.2) is 18.5 Å². The van der Waals surface area contributed by atoms with Crippen molar-refractivity contribution in [3.63, 3.8) is 0 Å². The van der Waals surface area contributed by atoms with Crippen molar-refractivity contribution in [1.82, 2.24) is 4.98 Å². The van der Waals surface area contributed by atoms with Gasteiger partial charge in [0.1, 0.15) is 5.15 Å². The van der Waals surface area contributed by atoms with Crippen LogP contribution in [0, 0.1) is 0 Å². The van der Waals surface area contributed by atoms with E-state index in [-0.39, 0.29) is 16.8 Å². The Hall–Kier alpha value is -0.690. The molecule has 0 aliphatic rings. The first-order chi connectivity index (χ1) is 5.95. The largest absolute Gasteiger partial charge is 0.392 e. The topological polar surface area (TPSA) is 93.3 Å². The van der Waals surface area contributed by atoms with Gasteiger partial charge in [-0.05, 0) is 6.07 Å². The fourth-order valence-electron chi connectivity index (χ4n) is 0.723. The summed E-state index contributed by atoms with van der Waals surface area (Å²) in [4.78, 5) is 3.51. The van der Waals surface area contributed by atoms with E-state index in [0.717, 1.165) is 0 Å². The second kappa shape index (κ2) is 3.59. The minimum absolute atomic E-state index is 0.0611. The lowest BCUT2D eigenvalue weighted by atomic mass is 10.3. The minimum Gasteiger partial charge on any atom is -0.392 e. The van der Waals surface area contributed by atoms with Crippen LogP contribution in [0.15, 0.2) is 17.2 Å². The second-order valence-electron chi connectivity index (χ2n) is 2.30. The summed E-state index contributed by atoms with van der Waals surface area (Å²) in [7, 11) is -3.83. The number of aliphatic hydroxyl groups is 1. The highest BCUT2D eigenvalue weighted by molar-refractivity contribution is 7.89. The van der Waals surface area contributed by atoms with Crippen LogP contribution < -0.4 is 5.14 Å². The average Bonchev–Trinajstić information content (AvgIpc) is 2.02. The average molecular weight is 223 g/mol. The first-order valence-electron chi connectivity index (χ1n) is 3.24. The van der Waals surface area contributed by atoms with Gasteiger partial charge in [-0.15, -0.1) is 0 Å². The summed E-state index contributed by atoms with van der Waals surface area (Å²) < 4.78 is 21.6. The van der Waals surface area contributed by atoms with Crippen LogP contribution >= 0.6 is 11.6 Å². The van der Waals surface area contributed by atoms with E-state index in [2.05, 4.69) is 4.98 Å². The Kier molecular flexibility index (Phi) is 2.87. The summed E-state index contributed by atoms with van der Waals surface area (Å²) in [5.74, 6) is 0. The molecule has 72 valence electrons. The van der Waals surface area contributed by atoms with Gasteiger partial charge in [0.25, 0.3) is 10.0 Å². The highest BCUT2D eigenvalue weighted by atomic mass is 35.5. The van der Waals surface area contributed by atoms with Crippen LogP contribution in [0.3, 0.4) is 0 Å². The maximum Gasteiger partial charge on any atom is 0.255 e. The molecule has 1 aromatic rings. The quantitative estimate of drug-likeness (QED) is 0.682. The zero-order valence-electron chi connectivity index (χ0n) is 6.44. The molecule has 0 amide bonds. The summed E-state index contributed by atoms with van der Waals surface area (Å²) in [6, 6.07) is 2.54. The van der Waals surface area contributed by atoms with Crippen molar-refractivity contribution in [3.05, 3.63) is 22.8 Å². The van der Waals surface area contributed by atoms with Crippen molar-refractivity contribution in [2.45, 2.75) is 11.6 Å². The lowest BCUT2D eigenvalue weighted by Gasteiger charge is -2.01. The van der Waals surface area contributed by atoms with E-state index < -0.39 is 10.0 Å². The molecule has 13 heavy (non-hydrogen) atoms. The molecule has 0 atom stereocenters. The van der Waals surface area contributed by atoms with Crippen LogP contribution in [0.2, 0.25) is 5.15 Å². The number of primary sulfonamides is 1. The van der Waals surface area contributed by atoms with Crippen molar-refractivity contribution in [3.8, 4) is 0 Å². The summed E-state index contributed by atoms with van der Waals surface area (Å²) in [6.07, 6.45) is 0. The van der Waals surface area contributed by atoms with Crippen LogP contribution in [0.5, 0.6) is 0 Å². The highest BCUT2D eigenvalue weighted by Crippen LogP contribution is 2.15. The molecule has 0 bridgehead atoms. The van der Waals surface area contributed by atoms with E-state index in [0.29, 0.717) is 5.56 Å². The van der Waals surface area contributed by atoms with Gasteiger partial charge in [-0.1, -0.05) is 17.7 Å². The molecule has 5 nitrogen and oxygen atoms in total. The lowest BCUT2D eigenvalue weighted by Crippen LogP contribution is -2.14. The van der Waals surface area contributed by atoms with Crippen molar-refractivity contribution >= 4 is 21.6 Å². The van der Waals surface area contributed by atoms with E-state index >= 15 is 0 Å². The number of nitrogens with two attached hydrogens (primary N) is 1. The molecule has 1 heterocycles. The van der Waals surface area contributed by atoms with Gasteiger partial charge in [0.05, 0.1) is 6.61 Å². The molecular formula is C6H7ClN2O3S. The molecule has 0 aromatic carbocycles. The molecule has 0 saturated carbocycles. The predicted molar refractivity (Wildman–Crippen MR) is 46.5 cm³/mol. The number of aliphatic hydroxyl groups excluding tert-OH is 1. The third-order valence-electron chi connectivity index (χ3n) is 1.36. The van der Waals surface area contributed by atoms with E-state index in [4.69, 9.17) is 21.8 Å². The number of hydrogen-bond acceptors (Lipinski definition) is 4. The molecule has 1 aromatic heterocycles. The van der Waals surface area contributed by atoms with Gasteiger partial charge in [0.2, 0.25) is 0 Å². The van der Waals surface area contributed by atoms with Crippen LogP contribution in [-0.2, 0) is 16.6 Å². The third kappa shape index (κ3) is 2.38. The van der Waals surface area contributed by atoms with E-state index in [1.807, 2.05) is 0 Å². The Bertz CT molecular complexity index is 418. The molecule has 1 rings (SSSR count). The molecule has 0 aliphatic carbocycles. The lowest BCUT2D eigenvalue weighted by molar-refractivity contribution is 0.281. The van der Waals surface area contributed by atoms with Gasteiger partial charge in [0.15, 0.2) is 5.03 Å². The van der Waals surface area contributed by atoms with Gasteiger partial charge >= 0.3 is 0 Å². The van der Waals surface area contributed by atoms with E-state index in [1.54, 1.807) is 0 Å². The van der Waals surface area contributed by atoms with Crippen molar-refractivity contribution in [2.75, 3.05) is 0 Å². The number of nitrogens with zero attached hydrogens (tertiary/aromatic N) is 1. The Labute approximate surface area is 80.2 Å². The number of pyridine rings is 1. The summed E-state index contributed by atoms with van der Waals surface area (Å²) >= 11 is 5.54. The highest BCUT2D eigenvalue weighted by Gasteiger charge is 2.11. The predicted octanol–water partition coefficient (Wildman–Crippen LogP) is -0.125. The fourth-order valence-corrected chi connectivity index (χ4v) is 1.46. The summed E-state index contributed by atoms with van der Waals surface area (Å²) in [5, 5.41) is 13.1. The van der Waals surface area contributed by atoms with Crippen LogP contribution in [0.4, 0.5) is 0 Å². The number of aromatic nitrogens is 1. The number of sulfonamides is 1. The first-order valence-corrected chi connectivity index (χ1v) is 5.16. The van der Waals surface area contributed by atoms with Crippen molar-refractivity contribution in [1.29, 1.82) is 0 Å². The molecule has 0 saturated heterocycles. The molecule has 0 spiro atoms. The second-order valence-corrected chi connectivity index (χ2v) is 4.17. The number of halogens is 1. The molecule has 0 fully saturated rings. The molecule has 0 aliphatic heterocycles. The third-order valence-corrected chi connectivity index (χ3v) is 2.50. The Morgan fingerprint density at radius 2 is 2.15 bits per heavy atom. The monoisotopic (exact) mass is 222 g/mol. The zero-order valence-corrected chi connectivity index (χ0v) is 8.01. The summed E-state index contributed by atoms with van der Waals surface area (Å²) in [6.45, 7) is -0.295. The zero-order chi connectivity index (χ0) is 10.1. The smallest absolute Gasteiger partial charge is 0.255 e. The molecular weight excluding hydrogens is 216 g/mol. The fraction of sp³-hybridized carbons (Fsp3) is 0.167. The SMILES string of the molecule is NS(=O)(=O)c1ccc(CO)c(Cl)n1. The minimum atomic E-state index is -3.83. The van der Waals surface area contributed by atoms with Gasteiger partial charge in [-0.3, -0.25) is 0 Å². The number of rotatable bonds is 2. The van der Waals surface area contributed by atoms with Gasteiger partial charge < -0.3 is 5.11 Å². The van der Waals surface area contributed by atoms with Gasteiger partial charge in [-0.2, -0.15) is 0 Å². The van der Waals surface area contributed by atoms with Crippen LogP contribution in [0.25, 0.3) is 0 Å². The normalized spacial score (nSPS) is 11.6. The Morgan fingerprint density at radius 3 is 2.54 bits per heavy atom. The molecule has 0 unspecified atom stereocenters. The standard InChI is InChI=1S/C6H7ClN2O3S/c7-6-4(3-10)1-2-5(9-6)13(8,11)12/h1-2,10H,3H2,(H2,8,11,12). The van der Waals surface area contributed by atoms with Crippen LogP contribution in [-0.4, -0.2) is 18.5 Å². The van der Waals surface area contributed by atoms with Crippen LogP contribution in [0.1, 0.15) is 5.56 Å². The van der Waals surface area contributed by atoms with E-state index in [9.17, 15) is 8.42 Å². The number of hydrogen-bond donors (Lipinski definition) is 2. The molecule has 0 radical (unpaired) electrons. The Balaban J connectivity index is 3.26. The molecule has 3 N–H and O–H groups in total. The van der Waals surface area contributed by atoms with Gasteiger partial charge in [0, 0.05) is 5.56 Å². The maximum absolute atomic E-state index is 10.8. The Morgan fingerprint density at radius 1 is 1.54 bits per heavy atom. The van der Waals surface area contributed by atoms with E-state index in [1.165, 1.54) is 12.1 Å². The first kappa shape index (κ1) is 10.4. The van der Waals surface area contributed by atoms with Crippen molar-refractivity contribution < 1.29 is 13.5 Å². The van der Waals surface area contributed by atoms with Crippen molar-refractivity contribution in [2.24, 2.45) is 5.14 Å². The molecule has 7 heteroatoms. The summed E-state index contributed by atoms with van der Waals surface area (Å²) in [5.41, 5.74) is 0.356.